The van der Waals surface area contributed by atoms with Gasteiger partial charge >= 0.3 is 0 Å². The average Bonchev–Trinajstić information content (AvgIpc) is 2.29. The van der Waals surface area contributed by atoms with Crippen molar-refractivity contribution in [2.24, 2.45) is 0 Å². The van der Waals surface area contributed by atoms with E-state index < -0.39 is 0 Å². The Hall–Kier alpha value is -1.74. The molecule has 82 valence electrons. The molecule has 2 rings (SSSR count). The SMILES string of the molecule is COc1cccc(Oc2cccc(Cl)n2)c1. The number of halogens is 1. The molecule has 0 unspecified atom stereocenters. The van der Waals surface area contributed by atoms with Gasteiger partial charge in [0.1, 0.15) is 16.7 Å². The molecule has 1 aromatic heterocycles. The summed E-state index contributed by atoms with van der Waals surface area (Å²) in [6.45, 7) is 0. The van der Waals surface area contributed by atoms with Gasteiger partial charge in [0.15, 0.2) is 0 Å². The van der Waals surface area contributed by atoms with Gasteiger partial charge in [0, 0.05) is 12.1 Å². The maximum Gasteiger partial charge on any atom is 0.220 e. The number of ether oxygens (including phenoxy) is 2. The number of methoxy groups -OCH3 is 1. The highest BCUT2D eigenvalue weighted by molar-refractivity contribution is 6.29. The van der Waals surface area contributed by atoms with Crippen LogP contribution in [0.1, 0.15) is 0 Å². The smallest absolute Gasteiger partial charge is 0.220 e. The second kappa shape index (κ2) is 4.86. The van der Waals surface area contributed by atoms with E-state index >= 15 is 0 Å². The molecule has 0 amide bonds. The summed E-state index contributed by atoms with van der Waals surface area (Å²) in [5.41, 5.74) is 0. The van der Waals surface area contributed by atoms with Crippen molar-refractivity contribution >= 4 is 11.6 Å². The van der Waals surface area contributed by atoms with Gasteiger partial charge < -0.3 is 9.47 Å². The van der Waals surface area contributed by atoms with Crippen LogP contribution in [-0.4, -0.2) is 12.1 Å². The van der Waals surface area contributed by atoms with E-state index in [4.69, 9.17) is 21.1 Å². The van der Waals surface area contributed by atoms with E-state index in [-0.39, 0.29) is 0 Å². The zero-order valence-electron chi connectivity index (χ0n) is 8.68. The fourth-order valence-corrected chi connectivity index (χ4v) is 1.39. The molecule has 1 heterocycles. The second-order valence-corrected chi connectivity index (χ2v) is 3.47. The molecule has 0 bridgehead atoms. The highest BCUT2D eigenvalue weighted by Crippen LogP contribution is 2.24. The molecule has 0 radical (unpaired) electrons. The van der Waals surface area contributed by atoms with Gasteiger partial charge in [-0.1, -0.05) is 23.7 Å². The van der Waals surface area contributed by atoms with Crippen molar-refractivity contribution in [3.63, 3.8) is 0 Å². The molecule has 4 heteroatoms. The summed E-state index contributed by atoms with van der Waals surface area (Å²) < 4.78 is 10.6. The van der Waals surface area contributed by atoms with Crippen LogP contribution in [0.15, 0.2) is 42.5 Å². The van der Waals surface area contributed by atoms with Crippen LogP contribution in [0.5, 0.6) is 17.4 Å². The molecular formula is C12H10ClNO2. The fourth-order valence-electron chi connectivity index (χ4n) is 1.23. The van der Waals surface area contributed by atoms with Crippen LogP contribution in [0.25, 0.3) is 0 Å². The number of hydrogen-bond acceptors (Lipinski definition) is 3. The molecule has 0 fully saturated rings. The highest BCUT2D eigenvalue weighted by atomic mass is 35.5. The highest BCUT2D eigenvalue weighted by Gasteiger charge is 2.00. The Morgan fingerprint density at radius 1 is 1.06 bits per heavy atom. The third-order valence-electron chi connectivity index (χ3n) is 1.95. The number of rotatable bonds is 3. The van der Waals surface area contributed by atoms with Gasteiger partial charge in [-0.15, -0.1) is 0 Å². The van der Waals surface area contributed by atoms with E-state index in [1.165, 1.54) is 0 Å². The van der Waals surface area contributed by atoms with Crippen LogP contribution < -0.4 is 9.47 Å². The van der Waals surface area contributed by atoms with Crippen LogP contribution in [0.3, 0.4) is 0 Å². The predicted molar refractivity (Wildman–Crippen MR) is 62.3 cm³/mol. The van der Waals surface area contributed by atoms with E-state index in [0.29, 0.717) is 16.8 Å². The van der Waals surface area contributed by atoms with Gasteiger partial charge in [0.2, 0.25) is 5.88 Å². The zero-order valence-corrected chi connectivity index (χ0v) is 9.44. The lowest BCUT2D eigenvalue weighted by atomic mass is 10.3. The molecule has 0 aliphatic rings. The van der Waals surface area contributed by atoms with Crippen LogP contribution >= 0.6 is 11.6 Å². The summed E-state index contributed by atoms with van der Waals surface area (Å²) >= 11 is 5.75. The maximum absolute atomic E-state index is 5.75. The van der Waals surface area contributed by atoms with Gasteiger partial charge in [-0.05, 0) is 18.2 Å². The van der Waals surface area contributed by atoms with Crippen LogP contribution in [-0.2, 0) is 0 Å². The van der Waals surface area contributed by atoms with Crippen molar-refractivity contribution in [2.45, 2.75) is 0 Å². The lowest BCUT2D eigenvalue weighted by Crippen LogP contribution is -1.88. The maximum atomic E-state index is 5.75. The number of pyridine rings is 1. The average molecular weight is 236 g/mol. The minimum atomic E-state index is 0.403. The first-order valence-corrected chi connectivity index (χ1v) is 5.10. The zero-order chi connectivity index (χ0) is 11.4. The summed E-state index contributed by atoms with van der Waals surface area (Å²) in [6, 6.07) is 12.5. The van der Waals surface area contributed by atoms with Gasteiger partial charge in [0.05, 0.1) is 7.11 Å². The molecule has 3 nitrogen and oxygen atoms in total. The Balaban J connectivity index is 2.20. The van der Waals surface area contributed by atoms with Crippen molar-refractivity contribution in [3.8, 4) is 17.4 Å². The predicted octanol–water partition coefficient (Wildman–Crippen LogP) is 3.54. The Morgan fingerprint density at radius 3 is 2.56 bits per heavy atom. The van der Waals surface area contributed by atoms with E-state index in [0.717, 1.165) is 5.75 Å². The molecule has 0 saturated carbocycles. The quantitative estimate of drug-likeness (QED) is 0.763. The molecule has 0 aliphatic heterocycles. The monoisotopic (exact) mass is 235 g/mol. The first-order valence-electron chi connectivity index (χ1n) is 4.72. The first-order chi connectivity index (χ1) is 7.78. The second-order valence-electron chi connectivity index (χ2n) is 3.08. The summed E-state index contributed by atoms with van der Waals surface area (Å²) in [6.07, 6.45) is 0. The molecule has 2 aromatic rings. The fraction of sp³-hybridized carbons (Fsp3) is 0.0833. The Labute approximate surface area is 98.6 Å². The molecule has 16 heavy (non-hydrogen) atoms. The lowest BCUT2D eigenvalue weighted by Gasteiger charge is -2.06. The van der Waals surface area contributed by atoms with Gasteiger partial charge in [-0.25, -0.2) is 4.98 Å². The summed E-state index contributed by atoms with van der Waals surface area (Å²) in [4.78, 5) is 4.03. The van der Waals surface area contributed by atoms with Crippen LogP contribution in [0, 0.1) is 0 Å². The molecule has 0 aliphatic carbocycles. The van der Waals surface area contributed by atoms with Crippen molar-refractivity contribution < 1.29 is 9.47 Å². The Bertz CT molecular complexity index is 488. The summed E-state index contributed by atoms with van der Waals surface area (Å²) in [7, 11) is 1.61. The minimum Gasteiger partial charge on any atom is -0.497 e. The van der Waals surface area contributed by atoms with E-state index in [9.17, 15) is 0 Å². The van der Waals surface area contributed by atoms with Crippen LogP contribution in [0.2, 0.25) is 5.15 Å². The molecule has 0 atom stereocenters. The van der Waals surface area contributed by atoms with Gasteiger partial charge in [-0.2, -0.15) is 0 Å². The molecule has 1 aromatic carbocycles. The Kier molecular flexibility index (Phi) is 3.27. The number of hydrogen-bond donors (Lipinski definition) is 0. The van der Waals surface area contributed by atoms with E-state index in [1.54, 1.807) is 31.4 Å². The van der Waals surface area contributed by atoms with Gasteiger partial charge in [-0.3, -0.25) is 0 Å². The van der Waals surface area contributed by atoms with E-state index in [1.807, 2.05) is 18.2 Å². The largest absolute Gasteiger partial charge is 0.497 e. The first kappa shape index (κ1) is 10.8. The standard InChI is InChI=1S/C12H10ClNO2/c1-15-9-4-2-5-10(8-9)16-12-7-3-6-11(13)14-12/h2-8H,1H3. The topological polar surface area (TPSA) is 31.4 Å². The normalized spacial score (nSPS) is 9.88. The third-order valence-corrected chi connectivity index (χ3v) is 2.16. The van der Waals surface area contributed by atoms with Crippen molar-refractivity contribution in [2.75, 3.05) is 7.11 Å². The van der Waals surface area contributed by atoms with Crippen molar-refractivity contribution in [3.05, 3.63) is 47.6 Å². The molecule has 0 saturated heterocycles. The minimum absolute atomic E-state index is 0.403. The molecule has 0 spiro atoms. The number of aromatic nitrogens is 1. The summed E-state index contributed by atoms with van der Waals surface area (Å²) in [5.74, 6) is 1.86. The summed E-state index contributed by atoms with van der Waals surface area (Å²) in [5, 5.41) is 0.403. The van der Waals surface area contributed by atoms with Crippen LogP contribution in [0.4, 0.5) is 0 Å². The third kappa shape index (κ3) is 2.64. The van der Waals surface area contributed by atoms with Gasteiger partial charge in [0.25, 0.3) is 0 Å². The van der Waals surface area contributed by atoms with Crippen molar-refractivity contribution in [1.29, 1.82) is 0 Å². The number of benzene rings is 1. The van der Waals surface area contributed by atoms with E-state index in [2.05, 4.69) is 4.98 Å². The lowest BCUT2D eigenvalue weighted by molar-refractivity contribution is 0.407. The molecule has 0 N–H and O–H groups in total. The molecular weight excluding hydrogens is 226 g/mol. The Morgan fingerprint density at radius 2 is 1.81 bits per heavy atom. The number of nitrogens with zero attached hydrogens (tertiary/aromatic N) is 1. The van der Waals surface area contributed by atoms with Crippen molar-refractivity contribution in [1.82, 2.24) is 4.98 Å².